The monoisotopic (exact) mass is 348 g/mol. The maximum atomic E-state index is 6.04. The fraction of sp³-hybridized carbons (Fsp3) is 0.412. The number of nitrogens with one attached hydrogen (secondary N) is 1. The lowest BCUT2D eigenvalue weighted by Gasteiger charge is -2.22. The highest BCUT2D eigenvalue weighted by Gasteiger charge is 2.10. The van der Waals surface area contributed by atoms with Crippen molar-refractivity contribution in [1.29, 1.82) is 0 Å². The van der Waals surface area contributed by atoms with E-state index in [2.05, 4.69) is 26.3 Å². The summed E-state index contributed by atoms with van der Waals surface area (Å²) in [6, 6.07) is 6.05. The smallest absolute Gasteiger partial charge is 0.194 e. The molecule has 1 N–H and O–H groups in total. The van der Waals surface area contributed by atoms with E-state index in [-0.39, 0.29) is 0 Å². The van der Waals surface area contributed by atoms with Crippen LogP contribution in [0.2, 0.25) is 5.02 Å². The Kier molecular flexibility index (Phi) is 6.09. The minimum Gasteiger partial charge on any atom is -0.363 e. The number of aliphatic imine (C=N–C) groups is 1. The number of halogens is 1. The van der Waals surface area contributed by atoms with Crippen LogP contribution in [0.5, 0.6) is 0 Å². The molecule has 0 radical (unpaired) electrons. The summed E-state index contributed by atoms with van der Waals surface area (Å²) in [6.45, 7) is 1.40. The van der Waals surface area contributed by atoms with Crippen LogP contribution in [0.3, 0.4) is 0 Å². The number of aryl methyl sites for hydroxylation is 1. The average molecular weight is 349 g/mol. The van der Waals surface area contributed by atoms with Crippen LogP contribution in [0.1, 0.15) is 11.3 Å². The maximum absolute atomic E-state index is 6.04. The van der Waals surface area contributed by atoms with E-state index < -0.39 is 0 Å². The van der Waals surface area contributed by atoms with Crippen LogP contribution < -0.4 is 10.2 Å². The largest absolute Gasteiger partial charge is 0.363 e. The first kappa shape index (κ1) is 18.1. The summed E-state index contributed by atoms with van der Waals surface area (Å²) in [7, 11) is 9.73. The summed E-state index contributed by atoms with van der Waals surface area (Å²) in [4.78, 5) is 12.8. The van der Waals surface area contributed by atoms with Crippen molar-refractivity contribution in [3.05, 3.63) is 46.9 Å². The van der Waals surface area contributed by atoms with Gasteiger partial charge in [-0.15, -0.1) is 0 Å². The Morgan fingerprint density at radius 3 is 2.58 bits per heavy atom. The molecule has 0 aromatic carbocycles. The van der Waals surface area contributed by atoms with Gasteiger partial charge in [0.1, 0.15) is 5.82 Å². The highest BCUT2D eigenvalue weighted by Crippen LogP contribution is 2.14. The van der Waals surface area contributed by atoms with Gasteiger partial charge in [0.2, 0.25) is 0 Å². The Balaban J connectivity index is 1.95. The normalized spacial score (nSPS) is 11.5. The van der Waals surface area contributed by atoms with Gasteiger partial charge in [-0.2, -0.15) is 0 Å². The van der Waals surface area contributed by atoms with Crippen molar-refractivity contribution in [2.75, 3.05) is 33.1 Å². The molecule has 130 valence electrons. The Hall–Kier alpha value is -2.21. The average Bonchev–Trinajstić information content (AvgIpc) is 2.85. The molecule has 2 aromatic rings. The third kappa shape index (κ3) is 4.64. The summed E-state index contributed by atoms with van der Waals surface area (Å²) < 4.78 is 2.02. The van der Waals surface area contributed by atoms with Crippen LogP contribution in [0, 0.1) is 0 Å². The number of hydrogen-bond acceptors (Lipinski definition) is 3. The van der Waals surface area contributed by atoms with Gasteiger partial charge >= 0.3 is 0 Å². The predicted octanol–water partition coefficient (Wildman–Crippen LogP) is 2.35. The maximum Gasteiger partial charge on any atom is 0.194 e. The summed E-state index contributed by atoms with van der Waals surface area (Å²) >= 11 is 6.04. The zero-order chi connectivity index (χ0) is 17.7. The lowest BCUT2D eigenvalue weighted by molar-refractivity contribution is 0.461. The van der Waals surface area contributed by atoms with Crippen LogP contribution in [0.25, 0.3) is 0 Å². The Labute approximate surface area is 148 Å². The number of guanidine groups is 1. The first-order valence-electron chi connectivity index (χ1n) is 7.75. The van der Waals surface area contributed by atoms with Crippen molar-refractivity contribution in [3.8, 4) is 0 Å². The Morgan fingerprint density at radius 2 is 2.08 bits per heavy atom. The molecular weight excluding hydrogens is 324 g/mol. The van der Waals surface area contributed by atoms with Crippen LogP contribution in [-0.2, 0) is 20.1 Å². The number of rotatable bonds is 5. The number of hydrogen-bond donors (Lipinski definition) is 1. The van der Waals surface area contributed by atoms with Gasteiger partial charge < -0.3 is 19.7 Å². The summed E-state index contributed by atoms with van der Waals surface area (Å²) in [6.07, 6.45) is 3.78. The molecule has 24 heavy (non-hydrogen) atoms. The number of pyridine rings is 1. The lowest BCUT2D eigenvalue weighted by atomic mass is 10.3. The molecule has 2 rings (SSSR count). The fourth-order valence-electron chi connectivity index (χ4n) is 2.39. The van der Waals surface area contributed by atoms with E-state index in [1.54, 1.807) is 7.05 Å². The van der Waals surface area contributed by atoms with Crippen molar-refractivity contribution in [1.82, 2.24) is 19.8 Å². The van der Waals surface area contributed by atoms with Gasteiger partial charge in [-0.1, -0.05) is 17.7 Å². The van der Waals surface area contributed by atoms with E-state index in [1.807, 2.05) is 62.2 Å². The summed E-state index contributed by atoms with van der Waals surface area (Å²) in [5.41, 5.74) is 2.24. The molecule has 6 nitrogen and oxygen atoms in total. The van der Waals surface area contributed by atoms with Gasteiger partial charge in [-0.05, 0) is 17.7 Å². The van der Waals surface area contributed by atoms with E-state index in [0.29, 0.717) is 6.54 Å². The molecule has 7 heteroatoms. The van der Waals surface area contributed by atoms with Crippen molar-refractivity contribution in [2.24, 2.45) is 12.0 Å². The highest BCUT2D eigenvalue weighted by atomic mass is 35.5. The molecule has 0 saturated carbocycles. The van der Waals surface area contributed by atoms with Crippen LogP contribution in [0.15, 0.2) is 35.6 Å². The predicted molar refractivity (Wildman–Crippen MR) is 101 cm³/mol. The first-order chi connectivity index (χ1) is 11.4. The van der Waals surface area contributed by atoms with Crippen LogP contribution in [0.4, 0.5) is 5.82 Å². The van der Waals surface area contributed by atoms with Gasteiger partial charge in [0, 0.05) is 59.9 Å². The zero-order valence-corrected chi connectivity index (χ0v) is 15.7. The third-order valence-corrected chi connectivity index (χ3v) is 3.97. The van der Waals surface area contributed by atoms with E-state index in [0.717, 1.165) is 34.6 Å². The molecule has 0 bridgehead atoms. The second kappa shape index (κ2) is 8.06. The van der Waals surface area contributed by atoms with Gasteiger partial charge in [-0.25, -0.2) is 4.98 Å². The van der Waals surface area contributed by atoms with Crippen molar-refractivity contribution >= 4 is 23.4 Å². The quantitative estimate of drug-likeness (QED) is 0.665. The van der Waals surface area contributed by atoms with Crippen molar-refractivity contribution in [3.63, 3.8) is 0 Å². The third-order valence-electron chi connectivity index (χ3n) is 3.77. The highest BCUT2D eigenvalue weighted by molar-refractivity contribution is 6.30. The van der Waals surface area contributed by atoms with E-state index in [1.165, 1.54) is 0 Å². The molecule has 0 aliphatic rings. The van der Waals surface area contributed by atoms with Gasteiger partial charge in [0.25, 0.3) is 0 Å². The summed E-state index contributed by atoms with van der Waals surface area (Å²) in [5.74, 6) is 1.77. The Bertz CT molecular complexity index is 690. The van der Waals surface area contributed by atoms with E-state index >= 15 is 0 Å². The number of nitrogens with zero attached hydrogens (tertiary/aromatic N) is 5. The molecular formula is C17H25ClN6. The fourth-order valence-corrected chi connectivity index (χ4v) is 2.67. The molecule has 0 saturated heterocycles. The second-order valence-electron chi connectivity index (χ2n) is 5.94. The number of anilines is 1. The van der Waals surface area contributed by atoms with E-state index in [9.17, 15) is 0 Å². The minimum atomic E-state index is 0.672. The van der Waals surface area contributed by atoms with Gasteiger partial charge in [0.05, 0.1) is 11.6 Å². The van der Waals surface area contributed by atoms with Gasteiger partial charge in [0.15, 0.2) is 5.96 Å². The van der Waals surface area contributed by atoms with Crippen LogP contribution >= 0.6 is 11.6 Å². The SMILES string of the molecule is CN=C(NCc1ccc(N(C)C)nc1)N(C)Cc1cc(Cl)cn1C. The Morgan fingerprint density at radius 1 is 1.33 bits per heavy atom. The minimum absolute atomic E-state index is 0.672. The molecule has 0 spiro atoms. The molecule has 2 heterocycles. The molecule has 0 aliphatic heterocycles. The standard InChI is InChI=1S/C17H25ClN6/c1-19-17(24(5)12-15-8-14(18)11-23(15)4)21-10-13-6-7-16(20-9-13)22(2)3/h6-9,11H,10,12H2,1-5H3,(H,19,21). The topological polar surface area (TPSA) is 48.7 Å². The summed E-state index contributed by atoms with van der Waals surface area (Å²) in [5, 5.41) is 4.11. The zero-order valence-electron chi connectivity index (χ0n) is 14.9. The van der Waals surface area contributed by atoms with E-state index in [4.69, 9.17) is 11.6 Å². The molecule has 0 unspecified atom stereocenters. The van der Waals surface area contributed by atoms with Crippen molar-refractivity contribution in [2.45, 2.75) is 13.1 Å². The molecule has 2 aromatic heterocycles. The second-order valence-corrected chi connectivity index (χ2v) is 6.37. The van der Waals surface area contributed by atoms with Crippen molar-refractivity contribution < 1.29 is 0 Å². The molecule has 0 fully saturated rings. The first-order valence-corrected chi connectivity index (χ1v) is 8.13. The number of aromatic nitrogens is 2. The van der Waals surface area contributed by atoms with Crippen LogP contribution in [-0.4, -0.2) is 48.6 Å². The molecule has 0 atom stereocenters. The molecule has 0 aliphatic carbocycles. The van der Waals surface area contributed by atoms with Gasteiger partial charge in [-0.3, -0.25) is 4.99 Å². The molecule has 0 amide bonds. The lowest BCUT2D eigenvalue weighted by Crippen LogP contribution is -2.38.